The van der Waals surface area contributed by atoms with Crippen LogP contribution in [0.25, 0.3) is 5.52 Å². The molecule has 1 fully saturated rings. The Bertz CT molecular complexity index is 1340. The fraction of sp³-hybridized carbons (Fsp3) is 0.346. The fourth-order valence-electron chi connectivity index (χ4n) is 4.58. The van der Waals surface area contributed by atoms with Crippen LogP contribution in [0.15, 0.2) is 55.2 Å². The summed E-state index contributed by atoms with van der Waals surface area (Å²) in [6.07, 6.45) is 9.56. The predicted molar refractivity (Wildman–Crippen MR) is 139 cm³/mol. The maximum atomic E-state index is 12.3. The number of carbonyl (C=O) groups excluding carboxylic acids is 1. The zero-order chi connectivity index (χ0) is 25.6. The van der Waals surface area contributed by atoms with Gasteiger partial charge >= 0.3 is 0 Å². The molecule has 0 bridgehead atoms. The van der Waals surface area contributed by atoms with Crippen LogP contribution in [0.1, 0.15) is 35.2 Å². The third kappa shape index (κ3) is 5.68. The van der Waals surface area contributed by atoms with E-state index in [9.17, 15) is 9.90 Å². The molecule has 1 amide bonds. The summed E-state index contributed by atoms with van der Waals surface area (Å²) in [7, 11) is 0. The number of fused-ring (bicyclic) bond motifs is 1. The second-order valence-electron chi connectivity index (χ2n) is 8.98. The molecule has 0 radical (unpaired) electrons. The highest BCUT2D eigenvalue weighted by Gasteiger charge is 2.23. The van der Waals surface area contributed by atoms with Crippen LogP contribution >= 0.6 is 0 Å². The first-order chi connectivity index (χ1) is 18.1. The highest BCUT2D eigenvalue weighted by atomic mass is 16.5. The van der Waals surface area contributed by atoms with Crippen molar-refractivity contribution in [3.8, 4) is 5.75 Å². The first-order valence-corrected chi connectivity index (χ1v) is 12.4. The molecule has 192 valence electrons. The third-order valence-electron chi connectivity index (χ3n) is 6.51. The second-order valence-corrected chi connectivity index (χ2v) is 8.98. The predicted octanol–water partition coefficient (Wildman–Crippen LogP) is 3.05. The van der Waals surface area contributed by atoms with Crippen molar-refractivity contribution in [2.45, 2.75) is 32.2 Å². The minimum atomic E-state index is -0.274. The van der Waals surface area contributed by atoms with E-state index >= 15 is 0 Å². The van der Waals surface area contributed by atoms with E-state index in [2.05, 4.69) is 35.6 Å². The Hall–Kier alpha value is -4.09. The quantitative estimate of drug-likeness (QED) is 0.280. The normalized spacial score (nSPS) is 15.7. The SMILES string of the molecule is Cc1c(OCCCN2CCC[C@H]2CO)cn2ncnc(Nc3cnc(NC(=O)c4ccccc4)nc3)c12. The zero-order valence-electron chi connectivity index (χ0n) is 20.7. The number of nitrogens with one attached hydrogen (secondary N) is 2. The summed E-state index contributed by atoms with van der Waals surface area (Å²) in [5, 5.41) is 19.7. The van der Waals surface area contributed by atoms with E-state index < -0.39 is 0 Å². The molecule has 4 aromatic rings. The van der Waals surface area contributed by atoms with E-state index in [4.69, 9.17) is 4.74 Å². The molecule has 11 heteroatoms. The molecule has 5 rings (SSSR count). The number of amides is 1. The fourth-order valence-corrected chi connectivity index (χ4v) is 4.58. The molecular formula is C26H30N8O3. The van der Waals surface area contributed by atoms with E-state index in [-0.39, 0.29) is 24.5 Å². The van der Waals surface area contributed by atoms with Crippen molar-refractivity contribution in [3.05, 3.63) is 66.4 Å². The third-order valence-corrected chi connectivity index (χ3v) is 6.51. The Balaban J connectivity index is 1.21. The van der Waals surface area contributed by atoms with Crippen LogP contribution in [-0.4, -0.2) is 72.8 Å². The maximum absolute atomic E-state index is 12.3. The summed E-state index contributed by atoms with van der Waals surface area (Å²) in [6, 6.07) is 9.18. The number of benzene rings is 1. The number of hydrogen-bond acceptors (Lipinski definition) is 9. The van der Waals surface area contributed by atoms with Crippen molar-refractivity contribution in [1.82, 2.24) is 29.5 Å². The molecule has 3 N–H and O–H groups in total. The Labute approximate surface area is 214 Å². The van der Waals surface area contributed by atoms with Gasteiger partial charge in [0.2, 0.25) is 5.95 Å². The van der Waals surface area contributed by atoms with E-state index in [0.717, 1.165) is 49.2 Å². The number of ether oxygens (including phenoxy) is 1. The smallest absolute Gasteiger partial charge is 0.258 e. The number of aromatic nitrogens is 5. The van der Waals surface area contributed by atoms with Crippen molar-refractivity contribution in [2.24, 2.45) is 0 Å². The lowest BCUT2D eigenvalue weighted by Crippen LogP contribution is -2.33. The van der Waals surface area contributed by atoms with Gasteiger partial charge in [-0.15, -0.1) is 0 Å². The topological polar surface area (TPSA) is 130 Å². The largest absolute Gasteiger partial charge is 0.492 e. The Morgan fingerprint density at radius 3 is 2.78 bits per heavy atom. The summed E-state index contributed by atoms with van der Waals surface area (Å²) in [5.41, 5.74) is 2.86. The standard InChI is InChI=1S/C26H30N8O3/c1-18-22(37-12-6-11-33-10-5-9-21(33)16-35)15-34-23(18)24(29-17-30-34)31-20-13-27-26(28-14-20)32-25(36)19-7-3-2-4-8-19/h2-4,7-8,13-15,17,21,35H,5-6,9-12,16H2,1H3,(H,29,30,31)(H,27,28,32,36)/t21-/m0/s1. The number of hydrogen-bond donors (Lipinski definition) is 3. The van der Waals surface area contributed by atoms with Gasteiger partial charge in [-0.3, -0.25) is 15.0 Å². The highest BCUT2D eigenvalue weighted by Crippen LogP contribution is 2.29. The molecule has 1 aromatic carbocycles. The van der Waals surface area contributed by atoms with Gasteiger partial charge in [0.25, 0.3) is 5.91 Å². The Morgan fingerprint density at radius 1 is 1.19 bits per heavy atom. The first-order valence-electron chi connectivity index (χ1n) is 12.4. The molecule has 0 saturated carbocycles. The summed E-state index contributed by atoms with van der Waals surface area (Å²) < 4.78 is 7.81. The average molecular weight is 503 g/mol. The van der Waals surface area contributed by atoms with Gasteiger partial charge in [-0.05, 0) is 44.9 Å². The number of anilines is 3. The molecule has 0 spiro atoms. The maximum Gasteiger partial charge on any atom is 0.258 e. The molecular weight excluding hydrogens is 472 g/mol. The number of carbonyl (C=O) groups is 1. The number of rotatable bonds is 10. The number of aliphatic hydroxyl groups excluding tert-OH is 1. The van der Waals surface area contributed by atoms with E-state index in [1.165, 1.54) is 6.33 Å². The van der Waals surface area contributed by atoms with Crippen LogP contribution in [0.5, 0.6) is 5.75 Å². The molecule has 1 aliphatic rings. The van der Waals surface area contributed by atoms with Crippen LogP contribution in [0.4, 0.5) is 17.5 Å². The van der Waals surface area contributed by atoms with Crippen LogP contribution in [0.2, 0.25) is 0 Å². The molecule has 0 unspecified atom stereocenters. The molecule has 37 heavy (non-hydrogen) atoms. The molecule has 1 saturated heterocycles. The van der Waals surface area contributed by atoms with Crippen molar-refractivity contribution in [3.63, 3.8) is 0 Å². The molecule has 11 nitrogen and oxygen atoms in total. The average Bonchev–Trinajstić information content (AvgIpc) is 3.52. The first kappa shape index (κ1) is 24.6. The zero-order valence-corrected chi connectivity index (χ0v) is 20.7. The van der Waals surface area contributed by atoms with Crippen molar-refractivity contribution >= 4 is 28.9 Å². The molecule has 3 aromatic heterocycles. The lowest BCUT2D eigenvalue weighted by Gasteiger charge is -2.22. The number of aliphatic hydroxyl groups is 1. The Kier molecular flexibility index (Phi) is 7.52. The summed E-state index contributed by atoms with van der Waals surface area (Å²) in [4.78, 5) is 27.5. The Morgan fingerprint density at radius 2 is 2.00 bits per heavy atom. The lowest BCUT2D eigenvalue weighted by molar-refractivity contribution is 0.102. The van der Waals surface area contributed by atoms with Crippen LogP contribution in [-0.2, 0) is 0 Å². The van der Waals surface area contributed by atoms with Gasteiger partial charge in [0.1, 0.15) is 17.6 Å². The number of likely N-dealkylation sites (tertiary alicyclic amines) is 1. The van der Waals surface area contributed by atoms with Gasteiger partial charge in [-0.2, -0.15) is 5.10 Å². The van der Waals surface area contributed by atoms with Crippen molar-refractivity contribution in [1.29, 1.82) is 0 Å². The van der Waals surface area contributed by atoms with Gasteiger partial charge in [0.15, 0.2) is 5.82 Å². The molecule has 0 aliphatic carbocycles. The molecule has 1 aliphatic heterocycles. The molecule has 4 heterocycles. The molecule has 1 atom stereocenters. The summed E-state index contributed by atoms with van der Waals surface area (Å²) >= 11 is 0. The van der Waals surface area contributed by atoms with E-state index in [1.807, 2.05) is 19.2 Å². The number of nitrogens with zero attached hydrogens (tertiary/aromatic N) is 6. The van der Waals surface area contributed by atoms with Gasteiger partial charge in [0.05, 0.1) is 37.5 Å². The highest BCUT2D eigenvalue weighted by molar-refractivity contribution is 6.03. The van der Waals surface area contributed by atoms with E-state index in [1.54, 1.807) is 41.2 Å². The van der Waals surface area contributed by atoms with Crippen molar-refractivity contribution < 1.29 is 14.6 Å². The van der Waals surface area contributed by atoms with Crippen molar-refractivity contribution in [2.75, 3.05) is 36.9 Å². The second kappa shape index (κ2) is 11.3. The van der Waals surface area contributed by atoms with Crippen LogP contribution in [0, 0.1) is 6.92 Å². The van der Waals surface area contributed by atoms with Gasteiger partial charge in [0, 0.05) is 23.7 Å². The minimum Gasteiger partial charge on any atom is -0.492 e. The van der Waals surface area contributed by atoms with Crippen LogP contribution < -0.4 is 15.4 Å². The van der Waals surface area contributed by atoms with E-state index in [0.29, 0.717) is 23.7 Å². The summed E-state index contributed by atoms with van der Waals surface area (Å²) in [5.74, 6) is 1.28. The van der Waals surface area contributed by atoms with Crippen LogP contribution in [0.3, 0.4) is 0 Å². The van der Waals surface area contributed by atoms with Gasteiger partial charge < -0.3 is 15.2 Å². The lowest BCUT2D eigenvalue weighted by atomic mass is 10.2. The monoisotopic (exact) mass is 502 g/mol. The number of aryl methyl sites for hydroxylation is 1. The van der Waals surface area contributed by atoms with Gasteiger partial charge in [-0.1, -0.05) is 18.2 Å². The minimum absolute atomic E-state index is 0.209. The van der Waals surface area contributed by atoms with Gasteiger partial charge in [-0.25, -0.2) is 19.5 Å². The summed E-state index contributed by atoms with van der Waals surface area (Å²) in [6.45, 7) is 4.71.